The van der Waals surface area contributed by atoms with Crippen LogP contribution in [-0.2, 0) is 0 Å². The number of fused-ring (bicyclic) bond motifs is 1. The fourth-order valence-corrected chi connectivity index (χ4v) is 2.79. The van der Waals surface area contributed by atoms with E-state index in [1.54, 1.807) is 12.3 Å². The molecule has 1 atom stereocenters. The monoisotopic (exact) mass is 330 g/mol. The molecule has 0 saturated heterocycles. The van der Waals surface area contributed by atoms with Crippen molar-refractivity contribution in [2.24, 2.45) is 5.73 Å². The number of pyridine rings is 1. The lowest BCUT2D eigenvalue weighted by Gasteiger charge is -2.16. The number of para-hydroxylation sites is 1. The van der Waals surface area contributed by atoms with E-state index < -0.39 is 6.04 Å². The molecule has 100 valence electrons. The van der Waals surface area contributed by atoms with Crippen molar-refractivity contribution < 1.29 is 4.39 Å². The highest BCUT2D eigenvalue weighted by atomic mass is 79.9. The van der Waals surface area contributed by atoms with E-state index in [0.29, 0.717) is 5.56 Å². The highest BCUT2D eigenvalue weighted by Crippen LogP contribution is 2.30. The molecule has 0 aliphatic heterocycles. The predicted molar refractivity (Wildman–Crippen MR) is 81.9 cm³/mol. The molecule has 2 N–H and O–H groups in total. The normalized spacial score (nSPS) is 12.6. The molecular weight excluding hydrogens is 319 g/mol. The second-order valence-electron chi connectivity index (χ2n) is 4.57. The Bertz CT molecular complexity index is 768. The highest BCUT2D eigenvalue weighted by molar-refractivity contribution is 9.10. The van der Waals surface area contributed by atoms with Crippen molar-refractivity contribution in [1.82, 2.24) is 4.98 Å². The molecule has 4 heteroatoms. The Hall–Kier alpha value is -1.78. The largest absolute Gasteiger partial charge is 0.320 e. The van der Waals surface area contributed by atoms with Crippen molar-refractivity contribution >= 4 is 26.8 Å². The maximum absolute atomic E-state index is 13.4. The minimum Gasteiger partial charge on any atom is -0.320 e. The van der Waals surface area contributed by atoms with Crippen LogP contribution >= 0.6 is 15.9 Å². The van der Waals surface area contributed by atoms with Crippen LogP contribution < -0.4 is 5.73 Å². The van der Waals surface area contributed by atoms with Crippen molar-refractivity contribution in [3.63, 3.8) is 0 Å². The maximum atomic E-state index is 13.4. The van der Waals surface area contributed by atoms with Gasteiger partial charge in [-0.25, -0.2) is 4.39 Å². The second-order valence-corrected chi connectivity index (χ2v) is 5.42. The van der Waals surface area contributed by atoms with Crippen LogP contribution in [0.4, 0.5) is 4.39 Å². The average molecular weight is 331 g/mol. The second kappa shape index (κ2) is 5.31. The van der Waals surface area contributed by atoms with Crippen molar-refractivity contribution in [1.29, 1.82) is 0 Å². The van der Waals surface area contributed by atoms with Gasteiger partial charge in [0.25, 0.3) is 0 Å². The third kappa shape index (κ3) is 2.32. The summed E-state index contributed by atoms with van der Waals surface area (Å²) in [7, 11) is 0. The zero-order valence-corrected chi connectivity index (χ0v) is 12.1. The van der Waals surface area contributed by atoms with Crippen molar-refractivity contribution in [2.75, 3.05) is 0 Å². The van der Waals surface area contributed by atoms with Gasteiger partial charge >= 0.3 is 0 Å². The first-order valence-electron chi connectivity index (χ1n) is 6.21. The van der Waals surface area contributed by atoms with E-state index in [2.05, 4.69) is 20.9 Å². The van der Waals surface area contributed by atoms with Crippen LogP contribution in [-0.4, -0.2) is 4.98 Å². The van der Waals surface area contributed by atoms with Crippen LogP contribution in [0.1, 0.15) is 17.2 Å². The molecule has 0 saturated carbocycles. The molecule has 1 aromatic heterocycles. The highest BCUT2D eigenvalue weighted by Gasteiger charge is 2.16. The van der Waals surface area contributed by atoms with E-state index in [1.807, 2.05) is 30.3 Å². The Labute approximate surface area is 124 Å². The maximum Gasteiger partial charge on any atom is 0.123 e. The first kappa shape index (κ1) is 13.2. The van der Waals surface area contributed by atoms with Gasteiger partial charge in [0, 0.05) is 16.1 Å². The predicted octanol–water partition coefficient (Wildman–Crippen LogP) is 4.18. The van der Waals surface area contributed by atoms with Crippen molar-refractivity contribution in [2.45, 2.75) is 6.04 Å². The summed E-state index contributed by atoms with van der Waals surface area (Å²) in [5.74, 6) is -0.299. The number of rotatable bonds is 2. The van der Waals surface area contributed by atoms with E-state index in [4.69, 9.17) is 5.73 Å². The summed E-state index contributed by atoms with van der Waals surface area (Å²) in [6, 6.07) is 13.8. The molecule has 0 radical (unpaired) electrons. The van der Waals surface area contributed by atoms with Gasteiger partial charge in [-0.3, -0.25) is 4.98 Å². The number of nitrogens with zero attached hydrogens (tertiary/aromatic N) is 1. The quantitative estimate of drug-likeness (QED) is 0.765. The van der Waals surface area contributed by atoms with Gasteiger partial charge in [-0.2, -0.15) is 0 Å². The molecule has 0 amide bonds. The van der Waals surface area contributed by atoms with Crippen LogP contribution in [0.3, 0.4) is 0 Å². The van der Waals surface area contributed by atoms with Crippen molar-refractivity contribution in [3.05, 3.63) is 76.1 Å². The number of hydrogen-bond donors (Lipinski definition) is 1. The summed E-state index contributed by atoms with van der Waals surface area (Å²) < 4.78 is 14.2. The molecule has 2 aromatic carbocycles. The smallest absolute Gasteiger partial charge is 0.123 e. The standard InChI is InChI=1S/C16H12BrFN2/c17-14-7-6-11(18)9-13(14)15(19)12-5-1-3-10-4-2-8-20-16(10)12/h1-9,15H,19H2. The summed E-state index contributed by atoms with van der Waals surface area (Å²) in [6.07, 6.45) is 1.74. The van der Waals surface area contributed by atoms with Crippen LogP contribution in [0.2, 0.25) is 0 Å². The molecule has 0 fully saturated rings. The number of halogens is 2. The fraction of sp³-hybridized carbons (Fsp3) is 0.0625. The first-order valence-corrected chi connectivity index (χ1v) is 7.00. The number of benzene rings is 2. The summed E-state index contributed by atoms with van der Waals surface area (Å²) in [4.78, 5) is 4.39. The van der Waals surface area contributed by atoms with E-state index in [-0.39, 0.29) is 5.82 Å². The van der Waals surface area contributed by atoms with Gasteiger partial charge in [0.1, 0.15) is 5.82 Å². The zero-order valence-electron chi connectivity index (χ0n) is 10.6. The molecule has 3 aromatic rings. The third-order valence-corrected chi connectivity index (χ3v) is 4.01. The molecule has 1 unspecified atom stereocenters. The molecule has 1 heterocycles. The minimum absolute atomic E-state index is 0.299. The summed E-state index contributed by atoms with van der Waals surface area (Å²) in [6.45, 7) is 0. The third-order valence-electron chi connectivity index (χ3n) is 3.29. The Balaban J connectivity index is 2.17. The topological polar surface area (TPSA) is 38.9 Å². The summed E-state index contributed by atoms with van der Waals surface area (Å²) in [5.41, 5.74) is 8.76. The molecule has 2 nitrogen and oxygen atoms in total. The van der Waals surface area contributed by atoms with Gasteiger partial charge in [0.2, 0.25) is 0 Å². The number of aromatic nitrogens is 1. The summed E-state index contributed by atoms with van der Waals surface area (Å²) in [5, 5.41) is 1.02. The molecule has 3 rings (SSSR count). The molecular formula is C16H12BrFN2. The molecule has 0 aliphatic carbocycles. The molecule has 0 bridgehead atoms. The molecule has 0 aliphatic rings. The van der Waals surface area contributed by atoms with Crippen LogP contribution in [0.5, 0.6) is 0 Å². The molecule has 20 heavy (non-hydrogen) atoms. The number of hydrogen-bond acceptors (Lipinski definition) is 2. The lowest BCUT2D eigenvalue weighted by molar-refractivity contribution is 0.623. The SMILES string of the molecule is NC(c1cc(F)ccc1Br)c1cccc2cccnc12. The van der Waals surface area contributed by atoms with Crippen molar-refractivity contribution in [3.8, 4) is 0 Å². The van der Waals surface area contributed by atoms with E-state index in [0.717, 1.165) is 20.9 Å². The van der Waals surface area contributed by atoms with E-state index in [1.165, 1.54) is 12.1 Å². The zero-order chi connectivity index (χ0) is 14.1. The Morgan fingerprint density at radius 3 is 2.70 bits per heavy atom. The van der Waals surface area contributed by atoms with Gasteiger partial charge in [0.05, 0.1) is 11.6 Å². The fourth-order valence-electron chi connectivity index (χ4n) is 2.30. The Morgan fingerprint density at radius 2 is 1.85 bits per heavy atom. The molecule has 0 spiro atoms. The average Bonchev–Trinajstić information content (AvgIpc) is 2.48. The van der Waals surface area contributed by atoms with Gasteiger partial charge < -0.3 is 5.73 Å². The minimum atomic E-state index is -0.432. The number of nitrogens with two attached hydrogens (primary N) is 1. The van der Waals surface area contributed by atoms with Crippen LogP contribution in [0.15, 0.2) is 59.2 Å². The van der Waals surface area contributed by atoms with E-state index in [9.17, 15) is 4.39 Å². The van der Waals surface area contributed by atoms with Crippen LogP contribution in [0.25, 0.3) is 10.9 Å². The lowest BCUT2D eigenvalue weighted by Crippen LogP contribution is -2.13. The van der Waals surface area contributed by atoms with Gasteiger partial charge in [-0.1, -0.05) is 40.2 Å². The Kier molecular flexibility index (Phi) is 3.51. The first-order chi connectivity index (χ1) is 9.66. The summed E-state index contributed by atoms with van der Waals surface area (Å²) >= 11 is 3.43. The van der Waals surface area contributed by atoms with E-state index >= 15 is 0 Å². The Morgan fingerprint density at radius 1 is 1.05 bits per heavy atom. The van der Waals surface area contributed by atoms with Gasteiger partial charge in [0.15, 0.2) is 0 Å². The van der Waals surface area contributed by atoms with Crippen LogP contribution in [0, 0.1) is 5.82 Å². The van der Waals surface area contributed by atoms with Gasteiger partial charge in [-0.15, -0.1) is 0 Å². The van der Waals surface area contributed by atoms with Gasteiger partial charge in [-0.05, 0) is 35.4 Å². The lowest BCUT2D eigenvalue weighted by atomic mass is 9.97.